The van der Waals surface area contributed by atoms with Crippen LogP contribution in [0.25, 0.3) is 0 Å². The first-order valence-electron chi connectivity index (χ1n) is 6.57. The van der Waals surface area contributed by atoms with Crippen LogP contribution in [-0.2, 0) is 4.79 Å². The topological polar surface area (TPSA) is 84.9 Å². The van der Waals surface area contributed by atoms with Crippen molar-refractivity contribution in [2.75, 3.05) is 7.11 Å². The Hall–Kier alpha value is -2.38. The summed E-state index contributed by atoms with van der Waals surface area (Å²) < 4.78 is 33.6. The summed E-state index contributed by atoms with van der Waals surface area (Å²) in [5, 5.41) is 11.7. The van der Waals surface area contributed by atoms with Gasteiger partial charge in [0.1, 0.15) is 5.54 Å². The number of aliphatic carboxylic acids is 1. The number of amides is 1. The van der Waals surface area contributed by atoms with Crippen molar-refractivity contribution in [3.05, 3.63) is 23.8 Å². The van der Waals surface area contributed by atoms with Crippen molar-refractivity contribution >= 4 is 11.9 Å². The summed E-state index contributed by atoms with van der Waals surface area (Å²) in [6.45, 7) is -3.01. The quantitative estimate of drug-likeness (QED) is 0.839. The van der Waals surface area contributed by atoms with E-state index in [1.807, 2.05) is 0 Å². The molecule has 1 aromatic rings. The van der Waals surface area contributed by atoms with Gasteiger partial charge in [0.05, 0.1) is 7.11 Å². The second kappa shape index (κ2) is 6.17. The number of alkyl halides is 2. The van der Waals surface area contributed by atoms with Gasteiger partial charge in [-0.3, -0.25) is 4.79 Å². The average molecular weight is 315 g/mol. The number of hydrogen-bond acceptors (Lipinski definition) is 4. The molecule has 1 aromatic carbocycles. The van der Waals surface area contributed by atoms with Gasteiger partial charge in [0.2, 0.25) is 0 Å². The highest BCUT2D eigenvalue weighted by Crippen LogP contribution is 2.33. The molecule has 2 N–H and O–H groups in total. The van der Waals surface area contributed by atoms with E-state index >= 15 is 0 Å². The van der Waals surface area contributed by atoms with Gasteiger partial charge in [0.15, 0.2) is 11.5 Å². The molecular formula is C14H15F2NO5. The Morgan fingerprint density at radius 2 is 2.00 bits per heavy atom. The summed E-state index contributed by atoms with van der Waals surface area (Å²) >= 11 is 0. The van der Waals surface area contributed by atoms with E-state index in [0.717, 1.165) is 6.42 Å². The standard InChI is InChI=1S/C14H15F2NO5/c1-21-10-7-8(3-4-9(10)22-13(15)16)11(18)17-14(12(19)20)5-2-6-14/h3-4,7,13H,2,5-6H2,1H3,(H,17,18)(H,19,20). The minimum atomic E-state index is -3.01. The maximum atomic E-state index is 12.2. The molecule has 0 heterocycles. The monoisotopic (exact) mass is 315 g/mol. The smallest absolute Gasteiger partial charge is 0.387 e. The van der Waals surface area contributed by atoms with Crippen LogP contribution >= 0.6 is 0 Å². The van der Waals surface area contributed by atoms with E-state index in [1.165, 1.54) is 25.3 Å². The van der Waals surface area contributed by atoms with Gasteiger partial charge in [-0.15, -0.1) is 0 Å². The molecule has 2 rings (SSSR count). The number of carbonyl (C=O) groups excluding carboxylic acids is 1. The number of methoxy groups -OCH3 is 1. The predicted octanol–water partition coefficient (Wildman–Crippen LogP) is 2.03. The van der Waals surface area contributed by atoms with Crippen molar-refractivity contribution in [3.8, 4) is 11.5 Å². The number of carboxylic acids is 1. The van der Waals surface area contributed by atoms with Crippen LogP contribution < -0.4 is 14.8 Å². The second-order valence-corrected chi connectivity index (χ2v) is 4.94. The summed E-state index contributed by atoms with van der Waals surface area (Å²) in [4.78, 5) is 23.4. The molecule has 0 atom stereocenters. The molecule has 0 saturated heterocycles. The van der Waals surface area contributed by atoms with Crippen molar-refractivity contribution in [3.63, 3.8) is 0 Å². The Bertz CT molecular complexity index is 587. The van der Waals surface area contributed by atoms with Crippen molar-refractivity contribution < 1.29 is 33.0 Å². The molecule has 8 heteroatoms. The number of carbonyl (C=O) groups is 2. The fourth-order valence-corrected chi connectivity index (χ4v) is 2.21. The van der Waals surface area contributed by atoms with Crippen molar-refractivity contribution in [1.82, 2.24) is 5.32 Å². The third kappa shape index (κ3) is 3.10. The maximum Gasteiger partial charge on any atom is 0.387 e. The van der Waals surface area contributed by atoms with Crippen molar-refractivity contribution in [2.45, 2.75) is 31.4 Å². The van der Waals surface area contributed by atoms with Crippen LogP contribution in [0.15, 0.2) is 18.2 Å². The molecule has 0 spiro atoms. The first-order valence-corrected chi connectivity index (χ1v) is 6.57. The molecule has 1 amide bonds. The van der Waals surface area contributed by atoms with E-state index in [1.54, 1.807) is 0 Å². The zero-order valence-corrected chi connectivity index (χ0v) is 11.8. The molecule has 6 nitrogen and oxygen atoms in total. The SMILES string of the molecule is COc1cc(C(=O)NC2(C(=O)O)CCC2)ccc1OC(F)F. The number of ether oxygens (including phenoxy) is 2. The lowest BCUT2D eigenvalue weighted by atomic mass is 9.76. The fourth-order valence-electron chi connectivity index (χ4n) is 2.21. The number of benzene rings is 1. The molecule has 0 radical (unpaired) electrons. The Morgan fingerprint density at radius 3 is 2.45 bits per heavy atom. The number of carboxylic acid groups (broad SMARTS) is 1. The minimum absolute atomic E-state index is 0.0362. The molecule has 1 aliphatic rings. The fraction of sp³-hybridized carbons (Fsp3) is 0.429. The number of halogens is 2. The summed E-state index contributed by atoms with van der Waals surface area (Å²) in [6.07, 6.45) is 1.44. The van der Waals surface area contributed by atoms with E-state index in [2.05, 4.69) is 10.1 Å². The molecule has 1 saturated carbocycles. The molecule has 120 valence electrons. The molecule has 1 fully saturated rings. The van der Waals surface area contributed by atoms with Gasteiger partial charge < -0.3 is 19.9 Å². The largest absolute Gasteiger partial charge is 0.493 e. The minimum Gasteiger partial charge on any atom is -0.493 e. The van der Waals surface area contributed by atoms with Gasteiger partial charge in [-0.05, 0) is 37.5 Å². The number of rotatable bonds is 6. The molecule has 0 aromatic heterocycles. The van der Waals surface area contributed by atoms with Crippen LogP contribution in [0.3, 0.4) is 0 Å². The third-order valence-corrected chi connectivity index (χ3v) is 3.61. The van der Waals surface area contributed by atoms with E-state index in [0.29, 0.717) is 12.8 Å². The first-order chi connectivity index (χ1) is 10.4. The molecular weight excluding hydrogens is 300 g/mol. The summed E-state index contributed by atoms with van der Waals surface area (Å²) in [7, 11) is 1.25. The molecule has 0 bridgehead atoms. The summed E-state index contributed by atoms with van der Waals surface area (Å²) in [5.41, 5.74) is -1.14. The zero-order valence-electron chi connectivity index (χ0n) is 11.8. The van der Waals surface area contributed by atoms with E-state index in [4.69, 9.17) is 4.74 Å². The number of nitrogens with one attached hydrogen (secondary N) is 1. The highest BCUT2D eigenvalue weighted by molar-refractivity contribution is 5.98. The van der Waals surface area contributed by atoms with Crippen LogP contribution in [-0.4, -0.2) is 36.2 Å². The molecule has 22 heavy (non-hydrogen) atoms. The van der Waals surface area contributed by atoms with Gasteiger partial charge in [-0.2, -0.15) is 8.78 Å². The maximum absolute atomic E-state index is 12.2. The van der Waals surface area contributed by atoms with Gasteiger partial charge in [-0.25, -0.2) is 4.79 Å². The van der Waals surface area contributed by atoms with Crippen LogP contribution in [0.1, 0.15) is 29.6 Å². The Kier molecular flexibility index (Phi) is 4.48. The molecule has 0 aliphatic heterocycles. The van der Waals surface area contributed by atoms with Gasteiger partial charge in [-0.1, -0.05) is 0 Å². The summed E-state index contributed by atoms with van der Waals surface area (Å²) in [5.74, 6) is -1.93. The normalized spacial score (nSPS) is 15.8. The van der Waals surface area contributed by atoms with Crippen LogP contribution in [0.5, 0.6) is 11.5 Å². The zero-order chi connectivity index (χ0) is 16.3. The van der Waals surface area contributed by atoms with E-state index in [-0.39, 0.29) is 17.1 Å². The lowest BCUT2D eigenvalue weighted by molar-refractivity contribution is -0.148. The molecule has 1 aliphatic carbocycles. The Balaban J connectivity index is 2.18. The third-order valence-electron chi connectivity index (χ3n) is 3.61. The highest BCUT2D eigenvalue weighted by atomic mass is 19.3. The van der Waals surface area contributed by atoms with Crippen LogP contribution in [0.4, 0.5) is 8.78 Å². The lowest BCUT2D eigenvalue weighted by Gasteiger charge is -2.38. The first kappa shape index (κ1) is 16.0. The van der Waals surface area contributed by atoms with E-state index in [9.17, 15) is 23.5 Å². The van der Waals surface area contributed by atoms with Gasteiger partial charge in [0, 0.05) is 5.56 Å². The van der Waals surface area contributed by atoms with Crippen LogP contribution in [0, 0.1) is 0 Å². The number of hydrogen-bond donors (Lipinski definition) is 2. The van der Waals surface area contributed by atoms with Gasteiger partial charge >= 0.3 is 12.6 Å². The Morgan fingerprint density at radius 1 is 1.32 bits per heavy atom. The van der Waals surface area contributed by atoms with Crippen LogP contribution in [0.2, 0.25) is 0 Å². The Labute approximate surface area is 125 Å². The van der Waals surface area contributed by atoms with Gasteiger partial charge in [0.25, 0.3) is 5.91 Å². The van der Waals surface area contributed by atoms with Crippen molar-refractivity contribution in [1.29, 1.82) is 0 Å². The predicted molar refractivity (Wildman–Crippen MR) is 71.3 cm³/mol. The highest BCUT2D eigenvalue weighted by Gasteiger charge is 2.45. The lowest BCUT2D eigenvalue weighted by Crippen LogP contribution is -2.59. The summed E-state index contributed by atoms with van der Waals surface area (Å²) in [6, 6.07) is 3.67. The molecule has 0 unspecified atom stereocenters. The van der Waals surface area contributed by atoms with Crippen molar-refractivity contribution in [2.24, 2.45) is 0 Å². The average Bonchev–Trinajstić information content (AvgIpc) is 2.41. The van der Waals surface area contributed by atoms with E-state index < -0.39 is 24.0 Å². The second-order valence-electron chi connectivity index (χ2n) is 4.94.